The van der Waals surface area contributed by atoms with Gasteiger partial charge in [-0.1, -0.05) is 0 Å². The summed E-state index contributed by atoms with van der Waals surface area (Å²) in [7, 11) is 0. The maximum atomic E-state index is 8.17. The van der Waals surface area contributed by atoms with Gasteiger partial charge in [-0.2, -0.15) is 9.64 Å². The molecule has 0 radical (unpaired) electrons. The van der Waals surface area contributed by atoms with Crippen molar-refractivity contribution >= 4 is 16.7 Å². The summed E-state index contributed by atoms with van der Waals surface area (Å²) in [5, 5.41) is 11.9. The molecule has 0 unspecified atom stereocenters. The topological polar surface area (TPSA) is 61.6 Å². The lowest BCUT2D eigenvalue weighted by Crippen LogP contribution is -1.98. The third-order valence-corrected chi connectivity index (χ3v) is 1.50. The minimum Gasteiger partial charge on any atom is -0.359 e. The summed E-state index contributed by atoms with van der Waals surface area (Å²) >= 11 is 1.29. The molecule has 0 amide bonds. The van der Waals surface area contributed by atoms with Crippen molar-refractivity contribution in [1.29, 1.82) is 5.26 Å². The fraction of sp³-hybridized carbons (Fsp3) is 0.400. The van der Waals surface area contributed by atoms with E-state index >= 15 is 0 Å². The molecule has 0 aromatic carbocycles. The van der Waals surface area contributed by atoms with Crippen LogP contribution in [0.3, 0.4) is 0 Å². The first-order chi connectivity index (χ1) is 4.93. The Morgan fingerprint density at radius 3 is 3.30 bits per heavy atom. The molecule has 1 N–H and O–H groups in total. The molecule has 52 valence electrons. The highest BCUT2D eigenvalue weighted by molar-refractivity contribution is 7.09. The molecule has 0 spiro atoms. The first kappa shape index (κ1) is 6.96. The number of rotatable bonds is 3. The summed E-state index contributed by atoms with van der Waals surface area (Å²) in [6.45, 7) is 0.645. The Hall–Kier alpha value is -1.15. The van der Waals surface area contributed by atoms with Gasteiger partial charge in [0.05, 0.1) is 12.5 Å². The number of nitrogens with one attached hydrogen (secondary N) is 1. The van der Waals surface area contributed by atoms with Gasteiger partial charge in [-0.25, -0.2) is 4.98 Å². The van der Waals surface area contributed by atoms with Crippen molar-refractivity contribution in [3.8, 4) is 6.07 Å². The monoisotopic (exact) mass is 154 g/mol. The highest BCUT2D eigenvalue weighted by Gasteiger charge is 1.91. The molecule has 10 heavy (non-hydrogen) atoms. The van der Waals surface area contributed by atoms with Gasteiger partial charge in [-0.15, -0.1) is 0 Å². The third kappa shape index (κ3) is 1.99. The summed E-state index contributed by atoms with van der Waals surface area (Å²) in [4.78, 5) is 3.87. The van der Waals surface area contributed by atoms with Crippen LogP contribution in [0.5, 0.6) is 0 Å². The van der Waals surface area contributed by atoms with Crippen LogP contribution in [0.1, 0.15) is 6.42 Å². The molecule has 0 aliphatic rings. The van der Waals surface area contributed by atoms with Crippen LogP contribution in [0.4, 0.5) is 5.13 Å². The van der Waals surface area contributed by atoms with E-state index in [9.17, 15) is 0 Å². The first-order valence-corrected chi connectivity index (χ1v) is 3.58. The minimum absolute atomic E-state index is 0.500. The standard InChI is InChI=1S/C5H6N4S/c6-2-1-3-7-5-8-4-9-10-5/h4H,1,3H2,(H,7,8,9). The van der Waals surface area contributed by atoms with Crippen LogP contribution in [0.15, 0.2) is 6.33 Å². The average Bonchev–Trinajstić information content (AvgIpc) is 2.41. The highest BCUT2D eigenvalue weighted by Crippen LogP contribution is 2.05. The SMILES string of the molecule is N#CCCNc1ncns1. The molecular formula is C5H6N4S. The van der Waals surface area contributed by atoms with Crippen LogP contribution in [-0.2, 0) is 0 Å². The van der Waals surface area contributed by atoms with E-state index in [0.717, 1.165) is 5.13 Å². The Morgan fingerprint density at radius 2 is 2.70 bits per heavy atom. The fourth-order valence-corrected chi connectivity index (χ4v) is 0.931. The maximum Gasteiger partial charge on any atom is 0.202 e. The lowest BCUT2D eigenvalue weighted by molar-refractivity contribution is 1.07. The number of hydrogen-bond acceptors (Lipinski definition) is 5. The van der Waals surface area contributed by atoms with Crippen molar-refractivity contribution in [1.82, 2.24) is 9.36 Å². The molecule has 1 heterocycles. The zero-order chi connectivity index (χ0) is 7.23. The van der Waals surface area contributed by atoms with E-state index in [1.54, 1.807) is 0 Å². The second-order valence-corrected chi connectivity index (χ2v) is 2.36. The van der Waals surface area contributed by atoms with Gasteiger partial charge in [0.15, 0.2) is 0 Å². The van der Waals surface area contributed by atoms with E-state index < -0.39 is 0 Å². The van der Waals surface area contributed by atoms with Gasteiger partial charge in [-0.05, 0) is 0 Å². The fourth-order valence-electron chi connectivity index (χ4n) is 0.476. The van der Waals surface area contributed by atoms with Crippen LogP contribution >= 0.6 is 11.5 Å². The molecule has 0 bridgehead atoms. The predicted molar refractivity (Wildman–Crippen MR) is 38.6 cm³/mol. The van der Waals surface area contributed by atoms with Crippen LogP contribution in [0.25, 0.3) is 0 Å². The highest BCUT2D eigenvalue weighted by atomic mass is 32.1. The molecule has 4 nitrogen and oxygen atoms in total. The van der Waals surface area contributed by atoms with Gasteiger partial charge in [0.25, 0.3) is 0 Å². The molecule has 0 aliphatic heterocycles. The largest absolute Gasteiger partial charge is 0.359 e. The molecule has 1 aromatic rings. The van der Waals surface area contributed by atoms with E-state index in [1.807, 2.05) is 6.07 Å². The van der Waals surface area contributed by atoms with Crippen molar-refractivity contribution in [2.75, 3.05) is 11.9 Å². The zero-order valence-electron chi connectivity index (χ0n) is 5.24. The van der Waals surface area contributed by atoms with Crippen molar-refractivity contribution in [3.63, 3.8) is 0 Å². The number of aromatic nitrogens is 2. The van der Waals surface area contributed by atoms with Crippen molar-refractivity contribution < 1.29 is 0 Å². The third-order valence-electron chi connectivity index (χ3n) is 0.874. The lowest BCUT2D eigenvalue weighted by atomic mass is 10.5. The number of nitriles is 1. The van der Waals surface area contributed by atoms with E-state index in [1.165, 1.54) is 17.9 Å². The number of nitrogens with zero attached hydrogens (tertiary/aromatic N) is 3. The van der Waals surface area contributed by atoms with Crippen molar-refractivity contribution in [2.24, 2.45) is 0 Å². The van der Waals surface area contributed by atoms with Crippen LogP contribution in [0, 0.1) is 11.3 Å². The molecule has 0 saturated carbocycles. The zero-order valence-corrected chi connectivity index (χ0v) is 6.06. The van der Waals surface area contributed by atoms with Crippen molar-refractivity contribution in [2.45, 2.75) is 6.42 Å². The van der Waals surface area contributed by atoms with E-state index in [-0.39, 0.29) is 0 Å². The molecule has 0 aliphatic carbocycles. The van der Waals surface area contributed by atoms with Crippen LogP contribution < -0.4 is 5.32 Å². The van der Waals surface area contributed by atoms with Gasteiger partial charge >= 0.3 is 0 Å². The Bertz CT molecular complexity index is 212. The van der Waals surface area contributed by atoms with Gasteiger partial charge in [-0.3, -0.25) is 0 Å². The van der Waals surface area contributed by atoms with Gasteiger partial charge in [0.1, 0.15) is 6.33 Å². The summed E-state index contributed by atoms with van der Waals surface area (Å²) in [6.07, 6.45) is 1.99. The quantitative estimate of drug-likeness (QED) is 0.656. The maximum absolute atomic E-state index is 8.17. The van der Waals surface area contributed by atoms with E-state index in [0.29, 0.717) is 13.0 Å². The average molecular weight is 154 g/mol. The predicted octanol–water partition coefficient (Wildman–Crippen LogP) is 0.864. The Morgan fingerprint density at radius 1 is 1.80 bits per heavy atom. The van der Waals surface area contributed by atoms with E-state index in [2.05, 4.69) is 14.7 Å². The van der Waals surface area contributed by atoms with Gasteiger partial charge < -0.3 is 5.32 Å². The lowest BCUT2D eigenvalue weighted by Gasteiger charge is -1.93. The van der Waals surface area contributed by atoms with Crippen LogP contribution in [-0.4, -0.2) is 15.9 Å². The molecule has 0 saturated heterocycles. The van der Waals surface area contributed by atoms with Gasteiger partial charge in [0, 0.05) is 18.1 Å². The summed E-state index contributed by atoms with van der Waals surface area (Å²) in [6, 6.07) is 2.02. The molecular weight excluding hydrogens is 148 g/mol. The second kappa shape index (κ2) is 3.80. The Labute approximate surface area is 62.7 Å². The normalized spacial score (nSPS) is 8.70. The summed E-state index contributed by atoms with van der Waals surface area (Å²) in [5.41, 5.74) is 0. The second-order valence-electron chi connectivity index (χ2n) is 1.58. The smallest absolute Gasteiger partial charge is 0.202 e. The Kier molecular flexibility index (Phi) is 2.64. The van der Waals surface area contributed by atoms with Crippen molar-refractivity contribution in [3.05, 3.63) is 6.33 Å². The van der Waals surface area contributed by atoms with Crippen LogP contribution in [0.2, 0.25) is 0 Å². The molecule has 1 rings (SSSR count). The molecule has 0 atom stereocenters. The van der Waals surface area contributed by atoms with E-state index in [4.69, 9.17) is 5.26 Å². The first-order valence-electron chi connectivity index (χ1n) is 2.81. The summed E-state index contributed by atoms with van der Waals surface area (Å²) < 4.78 is 3.79. The number of hydrogen-bond donors (Lipinski definition) is 1. The Balaban J connectivity index is 2.23. The van der Waals surface area contributed by atoms with Gasteiger partial charge in [0.2, 0.25) is 5.13 Å². The minimum atomic E-state index is 0.500. The molecule has 0 fully saturated rings. The molecule has 1 aromatic heterocycles. The number of anilines is 1. The summed E-state index contributed by atoms with van der Waals surface area (Å²) in [5.74, 6) is 0. The molecule has 5 heteroatoms.